The largest absolute Gasteiger partial charge is 0.383 e. The number of nitrogens with zero attached hydrogens (tertiary/aromatic N) is 6. The number of rotatable bonds is 3. The molecule has 1 fully saturated rings. The van der Waals surface area contributed by atoms with Crippen molar-refractivity contribution in [3.8, 4) is 0 Å². The zero-order chi connectivity index (χ0) is 21.8. The van der Waals surface area contributed by atoms with Crippen LogP contribution in [0.3, 0.4) is 0 Å². The molecule has 162 valence electrons. The van der Waals surface area contributed by atoms with Gasteiger partial charge in [-0.25, -0.2) is 9.97 Å². The number of pyridine rings is 1. The Kier molecular flexibility index (Phi) is 4.78. The molecule has 1 saturated heterocycles. The lowest BCUT2D eigenvalue weighted by Gasteiger charge is -2.41. The average molecular weight is 439 g/mol. The molecule has 5 heterocycles. The van der Waals surface area contributed by atoms with Crippen molar-refractivity contribution in [3.63, 3.8) is 0 Å². The van der Waals surface area contributed by atoms with Gasteiger partial charge in [0.1, 0.15) is 5.82 Å². The maximum absolute atomic E-state index is 13.0. The minimum absolute atomic E-state index is 0.00347. The van der Waals surface area contributed by atoms with Crippen LogP contribution in [0.5, 0.6) is 0 Å². The fraction of sp³-hybridized carbons (Fsp3) is 0.429. The van der Waals surface area contributed by atoms with E-state index in [4.69, 9.17) is 11.5 Å². The molecule has 0 amide bonds. The van der Waals surface area contributed by atoms with Gasteiger partial charge in [0.05, 0.1) is 22.8 Å². The van der Waals surface area contributed by atoms with E-state index in [1.165, 1.54) is 11.8 Å². The predicted molar refractivity (Wildman–Crippen MR) is 120 cm³/mol. The molecule has 1 atom stereocenters. The Balaban J connectivity index is 1.34. The van der Waals surface area contributed by atoms with Crippen molar-refractivity contribution in [3.05, 3.63) is 52.3 Å². The van der Waals surface area contributed by atoms with Crippen LogP contribution in [0.2, 0.25) is 0 Å². The first-order valence-electron chi connectivity index (χ1n) is 10.4. The zero-order valence-corrected chi connectivity index (χ0v) is 18.5. The standard InChI is InChI=1S/C21H26N8OS/c1-13-15(4-7-24-18(13)23)31-16-11-25-20(27(2)19(16)30)28-9-5-21(6-10-28)12-29-14(17(21)22)3-8-26-29/h3-4,7-8,11,17H,5-6,9-10,12,22H2,1-2H3,(H2,23,24)/t17-/m1/s1. The summed E-state index contributed by atoms with van der Waals surface area (Å²) in [4.78, 5) is 25.4. The van der Waals surface area contributed by atoms with Gasteiger partial charge in [0, 0.05) is 54.9 Å². The summed E-state index contributed by atoms with van der Waals surface area (Å²) in [7, 11) is 1.78. The number of piperidine rings is 1. The molecular weight excluding hydrogens is 412 g/mol. The lowest BCUT2D eigenvalue weighted by Crippen LogP contribution is -2.46. The summed E-state index contributed by atoms with van der Waals surface area (Å²) in [6.07, 6.45) is 7.02. The van der Waals surface area contributed by atoms with Gasteiger partial charge >= 0.3 is 0 Å². The summed E-state index contributed by atoms with van der Waals surface area (Å²) in [5.41, 5.74) is 14.4. The van der Waals surface area contributed by atoms with Gasteiger partial charge in [0.25, 0.3) is 5.56 Å². The van der Waals surface area contributed by atoms with Crippen LogP contribution in [0.25, 0.3) is 0 Å². The van der Waals surface area contributed by atoms with Gasteiger partial charge in [0.2, 0.25) is 5.95 Å². The van der Waals surface area contributed by atoms with Crippen LogP contribution in [0.4, 0.5) is 11.8 Å². The number of hydrogen-bond donors (Lipinski definition) is 2. The molecule has 0 bridgehead atoms. The smallest absolute Gasteiger partial charge is 0.268 e. The molecule has 0 aliphatic carbocycles. The van der Waals surface area contributed by atoms with Crippen molar-refractivity contribution in [2.75, 3.05) is 23.7 Å². The first-order chi connectivity index (χ1) is 14.9. The molecule has 31 heavy (non-hydrogen) atoms. The molecule has 0 saturated carbocycles. The van der Waals surface area contributed by atoms with Crippen molar-refractivity contribution < 1.29 is 0 Å². The van der Waals surface area contributed by atoms with E-state index in [2.05, 4.69) is 20.0 Å². The second kappa shape index (κ2) is 7.38. The van der Waals surface area contributed by atoms with Crippen LogP contribution in [-0.2, 0) is 13.6 Å². The van der Waals surface area contributed by atoms with E-state index < -0.39 is 0 Å². The van der Waals surface area contributed by atoms with Crippen LogP contribution in [0.1, 0.15) is 30.1 Å². The van der Waals surface area contributed by atoms with Gasteiger partial charge in [-0.3, -0.25) is 14.0 Å². The molecule has 5 rings (SSSR count). The molecule has 3 aromatic rings. The summed E-state index contributed by atoms with van der Waals surface area (Å²) < 4.78 is 3.67. The zero-order valence-electron chi connectivity index (χ0n) is 17.7. The Morgan fingerprint density at radius 3 is 2.68 bits per heavy atom. The second-order valence-electron chi connectivity index (χ2n) is 8.45. The molecule has 9 nitrogen and oxygen atoms in total. The highest BCUT2D eigenvalue weighted by atomic mass is 32.2. The number of anilines is 2. The summed E-state index contributed by atoms with van der Waals surface area (Å²) in [5.74, 6) is 1.17. The predicted octanol–water partition coefficient (Wildman–Crippen LogP) is 1.71. The van der Waals surface area contributed by atoms with Gasteiger partial charge < -0.3 is 16.4 Å². The third kappa shape index (κ3) is 3.21. The first kappa shape index (κ1) is 20.1. The second-order valence-corrected chi connectivity index (χ2v) is 9.53. The van der Waals surface area contributed by atoms with Crippen LogP contribution >= 0.6 is 11.8 Å². The third-order valence-electron chi connectivity index (χ3n) is 6.76. The summed E-state index contributed by atoms with van der Waals surface area (Å²) >= 11 is 1.37. The molecule has 2 aliphatic rings. The normalized spacial score (nSPS) is 19.7. The monoisotopic (exact) mass is 438 g/mol. The minimum Gasteiger partial charge on any atom is -0.383 e. The van der Waals surface area contributed by atoms with Crippen molar-refractivity contribution in [1.29, 1.82) is 0 Å². The summed E-state index contributed by atoms with van der Waals surface area (Å²) in [6.45, 7) is 4.39. The van der Waals surface area contributed by atoms with Crippen molar-refractivity contribution in [1.82, 2.24) is 24.3 Å². The Morgan fingerprint density at radius 1 is 1.16 bits per heavy atom. The minimum atomic E-state index is -0.0669. The third-order valence-corrected chi connectivity index (χ3v) is 7.92. The number of hydrogen-bond acceptors (Lipinski definition) is 8. The topological polar surface area (TPSA) is 121 Å². The van der Waals surface area contributed by atoms with Crippen molar-refractivity contribution in [2.45, 2.75) is 42.1 Å². The van der Waals surface area contributed by atoms with Crippen LogP contribution in [0, 0.1) is 12.3 Å². The SMILES string of the molecule is Cc1c(Sc2cnc(N3CCC4(CC3)Cn3nccc3[C@H]4N)n(C)c2=O)ccnc1N. The highest BCUT2D eigenvalue weighted by Gasteiger charge is 2.47. The molecule has 2 aliphatic heterocycles. The number of fused-ring (bicyclic) bond motifs is 1. The van der Waals surface area contributed by atoms with Crippen LogP contribution < -0.4 is 21.9 Å². The summed E-state index contributed by atoms with van der Waals surface area (Å²) in [5, 5.41) is 4.41. The average Bonchev–Trinajstić information content (AvgIpc) is 3.31. The maximum Gasteiger partial charge on any atom is 0.268 e. The fourth-order valence-corrected chi connectivity index (χ4v) is 5.66. The summed E-state index contributed by atoms with van der Waals surface area (Å²) in [6, 6.07) is 3.89. The highest BCUT2D eigenvalue weighted by molar-refractivity contribution is 7.99. The molecule has 1 spiro atoms. The lowest BCUT2D eigenvalue weighted by molar-refractivity contribution is 0.169. The Morgan fingerprint density at radius 2 is 1.94 bits per heavy atom. The number of aromatic nitrogens is 5. The van der Waals surface area contributed by atoms with Gasteiger partial charge in [-0.05, 0) is 31.9 Å². The van der Waals surface area contributed by atoms with Crippen LogP contribution in [0.15, 0.2) is 45.3 Å². The fourth-order valence-electron chi connectivity index (χ4n) is 4.71. The maximum atomic E-state index is 13.0. The molecule has 3 aromatic heterocycles. The van der Waals surface area contributed by atoms with E-state index in [1.54, 1.807) is 24.0 Å². The van der Waals surface area contributed by atoms with Crippen LogP contribution in [-0.4, -0.2) is 37.4 Å². The Labute approximate surface area is 184 Å². The van der Waals surface area contributed by atoms with Crippen molar-refractivity contribution in [2.24, 2.45) is 18.2 Å². The van der Waals surface area contributed by atoms with Gasteiger partial charge in [0.15, 0.2) is 0 Å². The Bertz CT molecular complexity index is 1190. The molecule has 4 N–H and O–H groups in total. The van der Waals surface area contributed by atoms with E-state index in [0.717, 1.165) is 48.6 Å². The van der Waals surface area contributed by atoms with Gasteiger partial charge in [-0.2, -0.15) is 5.10 Å². The molecule has 10 heteroatoms. The van der Waals surface area contributed by atoms with E-state index in [9.17, 15) is 4.79 Å². The number of nitrogen functional groups attached to an aromatic ring is 1. The van der Waals surface area contributed by atoms with E-state index in [-0.39, 0.29) is 17.0 Å². The molecular formula is C21H26N8OS. The van der Waals surface area contributed by atoms with Crippen molar-refractivity contribution >= 4 is 23.5 Å². The van der Waals surface area contributed by atoms with E-state index in [1.807, 2.05) is 29.9 Å². The highest BCUT2D eigenvalue weighted by Crippen LogP contribution is 2.47. The van der Waals surface area contributed by atoms with Gasteiger partial charge in [-0.1, -0.05) is 11.8 Å². The van der Waals surface area contributed by atoms with Gasteiger partial charge in [-0.15, -0.1) is 0 Å². The van der Waals surface area contributed by atoms with E-state index in [0.29, 0.717) is 16.7 Å². The Hall–Kier alpha value is -2.85. The molecule has 0 radical (unpaired) electrons. The molecule has 0 unspecified atom stereocenters. The molecule has 0 aromatic carbocycles. The quantitative estimate of drug-likeness (QED) is 0.634. The van der Waals surface area contributed by atoms with E-state index >= 15 is 0 Å². The lowest BCUT2D eigenvalue weighted by atomic mass is 9.74. The number of nitrogens with two attached hydrogens (primary N) is 2. The first-order valence-corrected chi connectivity index (χ1v) is 11.2.